The van der Waals surface area contributed by atoms with Crippen LogP contribution in [0.2, 0.25) is 0 Å². The van der Waals surface area contributed by atoms with Gasteiger partial charge in [0.05, 0.1) is 17.6 Å². The van der Waals surface area contributed by atoms with Crippen LogP contribution < -0.4 is 10.2 Å². The van der Waals surface area contributed by atoms with E-state index in [9.17, 15) is 14.0 Å². The van der Waals surface area contributed by atoms with E-state index in [0.29, 0.717) is 35.4 Å². The number of nitrogens with zero attached hydrogens (tertiary/aromatic N) is 1. The van der Waals surface area contributed by atoms with Gasteiger partial charge < -0.3 is 9.73 Å². The molecule has 0 saturated heterocycles. The van der Waals surface area contributed by atoms with Gasteiger partial charge in [-0.3, -0.25) is 14.5 Å². The van der Waals surface area contributed by atoms with Crippen LogP contribution >= 0.6 is 0 Å². The van der Waals surface area contributed by atoms with Crippen LogP contribution in [0.3, 0.4) is 0 Å². The zero-order chi connectivity index (χ0) is 20.7. The zero-order valence-corrected chi connectivity index (χ0v) is 16.1. The van der Waals surface area contributed by atoms with E-state index in [-0.39, 0.29) is 11.7 Å². The summed E-state index contributed by atoms with van der Waals surface area (Å²) in [4.78, 5) is 28.4. The minimum Gasteiger partial charge on any atom is -0.467 e. The van der Waals surface area contributed by atoms with Gasteiger partial charge in [-0.1, -0.05) is 12.1 Å². The lowest BCUT2D eigenvalue weighted by Crippen LogP contribution is -2.37. The van der Waals surface area contributed by atoms with Crippen molar-refractivity contribution in [3.8, 4) is 0 Å². The number of allylic oxidation sites excluding steroid dienone is 1. The van der Waals surface area contributed by atoms with Crippen LogP contribution in [0.5, 0.6) is 0 Å². The molecule has 1 aliphatic carbocycles. The molecule has 5 nitrogen and oxygen atoms in total. The van der Waals surface area contributed by atoms with Crippen LogP contribution in [-0.2, 0) is 4.79 Å². The van der Waals surface area contributed by atoms with E-state index in [4.69, 9.17) is 4.42 Å². The van der Waals surface area contributed by atoms with Crippen LogP contribution in [-0.4, -0.2) is 11.7 Å². The van der Waals surface area contributed by atoms with Gasteiger partial charge >= 0.3 is 0 Å². The van der Waals surface area contributed by atoms with Crippen LogP contribution in [0, 0.1) is 5.82 Å². The van der Waals surface area contributed by atoms with Gasteiger partial charge in [-0.25, -0.2) is 4.39 Å². The van der Waals surface area contributed by atoms with E-state index < -0.39 is 11.9 Å². The van der Waals surface area contributed by atoms with Gasteiger partial charge in [-0.2, -0.15) is 0 Å². The molecular formula is C24H19FN2O3. The molecule has 2 aliphatic rings. The molecule has 2 heterocycles. The summed E-state index contributed by atoms with van der Waals surface area (Å²) in [6, 6.07) is 15.7. The molecule has 0 unspecified atom stereocenters. The van der Waals surface area contributed by atoms with Crippen molar-refractivity contribution in [1.29, 1.82) is 0 Å². The van der Waals surface area contributed by atoms with Crippen LogP contribution in [0.15, 0.2) is 82.6 Å². The Balaban J connectivity index is 1.76. The minimum atomic E-state index is -0.712. The van der Waals surface area contributed by atoms with Gasteiger partial charge in [0.25, 0.3) is 5.91 Å². The fourth-order valence-electron chi connectivity index (χ4n) is 4.21. The van der Waals surface area contributed by atoms with Crippen molar-refractivity contribution < 1.29 is 18.4 Å². The number of carbonyl (C=O) groups excluding carboxylic acids is 2. The maximum atomic E-state index is 13.7. The molecule has 1 aliphatic heterocycles. The lowest BCUT2D eigenvalue weighted by atomic mass is 9.88. The number of amides is 1. The van der Waals surface area contributed by atoms with E-state index in [0.717, 1.165) is 17.8 Å². The number of carbonyl (C=O) groups is 2. The molecule has 0 saturated carbocycles. The molecule has 150 valence electrons. The van der Waals surface area contributed by atoms with E-state index in [1.165, 1.54) is 30.5 Å². The van der Waals surface area contributed by atoms with Crippen molar-refractivity contribution in [1.82, 2.24) is 0 Å². The predicted octanol–water partition coefficient (Wildman–Crippen LogP) is 5.24. The molecule has 1 N–H and O–H groups in total. The summed E-state index contributed by atoms with van der Waals surface area (Å²) in [5, 5.41) is 3.39. The number of hydrogen-bond donors (Lipinski definition) is 1. The largest absolute Gasteiger partial charge is 0.467 e. The summed E-state index contributed by atoms with van der Waals surface area (Å²) < 4.78 is 19.2. The summed E-state index contributed by atoms with van der Waals surface area (Å²) >= 11 is 0. The molecule has 5 rings (SSSR count). The monoisotopic (exact) mass is 402 g/mol. The van der Waals surface area contributed by atoms with Gasteiger partial charge in [0.15, 0.2) is 5.78 Å². The SMILES string of the molecule is O=C1CCCC2=C1[C@@H](c1ccco1)N(C(=O)c1ccc(F)cc1)c1ccccc1N2. The van der Waals surface area contributed by atoms with Crippen molar-refractivity contribution >= 4 is 23.1 Å². The van der Waals surface area contributed by atoms with Crippen molar-refractivity contribution in [2.75, 3.05) is 10.2 Å². The fourth-order valence-corrected chi connectivity index (χ4v) is 4.21. The zero-order valence-electron chi connectivity index (χ0n) is 16.1. The van der Waals surface area contributed by atoms with Crippen LogP contribution in [0.4, 0.5) is 15.8 Å². The second kappa shape index (κ2) is 7.30. The number of halogens is 1. The Morgan fingerprint density at radius 1 is 1.03 bits per heavy atom. The number of furan rings is 1. The number of hydrogen-bond acceptors (Lipinski definition) is 4. The number of Topliss-reactive ketones (excluding diaryl/α,β-unsaturated/α-hetero) is 1. The molecule has 6 heteroatoms. The number of para-hydroxylation sites is 2. The smallest absolute Gasteiger partial charge is 0.259 e. The number of ketones is 1. The first kappa shape index (κ1) is 18.4. The molecule has 0 fully saturated rings. The number of fused-ring (bicyclic) bond motifs is 1. The molecule has 1 aromatic heterocycles. The average Bonchev–Trinajstić information content (AvgIpc) is 3.23. The predicted molar refractivity (Wildman–Crippen MR) is 111 cm³/mol. The maximum Gasteiger partial charge on any atom is 0.259 e. The van der Waals surface area contributed by atoms with E-state index >= 15 is 0 Å². The summed E-state index contributed by atoms with van der Waals surface area (Å²) in [7, 11) is 0. The third-order valence-corrected chi connectivity index (χ3v) is 5.56. The van der Waals surface area contributed by atoms with E-state index in [1.807, 2.05) is 24.3 Å². The molecule has 1 amide bonds. The Morgan fingerprint density at radius 3 is 2.60 bits per heavy atom. The van der Waals surface area contributed by atoms with Crippen molar-refractivity contribution in [2.24, 2.45) is 0 Å². The number of anilines is 2. The van der Waals surface area contributed by atoms with Crippen molar-refractivity contribution in [2.45, 2.75) is 25.3 Å². The number of rotatable bonds is 2. The Labute approximate surface area is 172 Å². The second-order valence-electron chi connectivity index (χ2n) is 7.41. The topological polar surface area (TPSA) is 62.6 Å². The highest BCUT2D eigenvalue weighted by atomic mass is 19.1. The third-order valence-electron chi connectivity index (χ3n) is 5.56. The molecule has 3 aromatic rings. The van der Waals surface area contributed by atoms with Crippen LogP contribution in [0.25, 0.3) is 0 Å². The van der Waals surface area contributed by atoms with Gasteiger partial charge in [-0.15, -0.1) is 0 Å². The van der Waals surface area contributed by atoms with E-state index in [1.54, 1.807) is 17.0 Å². The molecule has 0 spiro atoms. The summed E-state index contributed by atoms with van der Waals surface area (Å²) in [6.45, 7) is 0. The molecule has 30 heavy (non-hydrogen) atoms. The van der Waals surface area contributed by atoms with Gasteiger partial charge in [0.1, 0.15) is 17.6 Å². The first-order valence-corrected chi connectivity index (χ1v) is 9.88. The van der Waals surface area contributed by atoms with E-state index in [2.05, 4.69) is 5.32 Å². The normalized spacial score (nSPS) is 18.4. The summed E-state index contributed by atoms with van der Waals surface area (Å²) in [5.41, 5.74) is 3.06. The number of benzene rings is 2. The Morgan fingerprint density at radius 2 is 1.83 bits per heavy atom. The molecule has 0 bridgehead atoms. The molecular weight excluding hydrogens is 383 g/mol. The third kappa shape index (κ3) is 3.01. The lowest BCUT2D eigenvalue weighted by molar-refractivity contribution is -0.116. The second-order valence-corrected chi connectivity index (χ2v) is 7.41. The molecule has 1 atom stereocenters. The van der Waals surface area contributed by atoms with Crippen LogP contribution in [0.1, 0.15) is 41.4 Å². The summed E-state index contributed by atoms with van der Waals surface area (Å²) in [6.07, 6.45) is 3.43. The summed E-state index contributed by atoms with van der Waals surface area (Å²) in [5.74, 6) is -0.251. The Kier molecular flexibility index (Phi) is 4.47. The highest BCUT2D eigenvalue weighted by Gasteiger charge is 2.41. The fraction of sp³-hybridized carbons (Fsp3) is 0.167. The van der Waals surface area contributed by atoms with Gasteiger partial charge in [0.2, 0.25) is 0 Å². The number of nitrogens with one attached hydrogen (secondary N) is 1. The quantitative estimate of drug-likeness (QED) is 0.637. The van der Waals surface area contributed by atoms with Crippen molar-refractivity contribution in [3.05, 3.63) is 95.3 Å². The first-order chi connectivity index (χ1) is 14.6. The highest BCUT2D eigenvalue weighted by molar-refractivity contribution is 6.11. The molecule has 2 aromatic carbocycles. The lowest BCUT2D eigenvalue weighted by Gasteiger charge is -2.32. The Bertz CT molecular complexity index is 1150. The van der Waals surface area contributed by atoms with Crippen molar-refractivity contribution in [3.63, 3.8) is 0 Å². The first-order valence-electron chi connectivity index (χ1n) is 9.88. The highest BCUT2D eigenvalue weighted by Crippen LogP contribution is 2.45. The average molecular weight is 402 g/mol. The molecule has 0 radical (unpaired) electrons. The standard InChI is InChI=1S/C24H19FN2O3/c25-16-12-10-15(11-13-16)24(29)27-19-7-2-1-5-17(19)26-18-6-3-8-20(28)22(18)23(27)21-9-4-14-30-21/h1-2,4-5,7,9-14,23,26H,3,6,8H2/t23-/m1/s1. The van der Waals surface area contributed by atoms with Gasteiger partial charge in [0, 0.05) is 23.3 Å². The minimum absolute atomic E-state index is 0.00476. The van der Waals surface area contributed by atoms with Gasteiger partial charge in [-0.05, 0) is 61.4 Å². The maximum absolute atomic E-state index is 13.7. The Hall–Kier alpha value is -3.67.